The normalized spacial score (nSPS) is 29.6. The first kappa shape index (κ1) is 21.1. The van der Waals surface area contributed by atoms with Gasteiger partial charge in [0.05, 0.1) is 14.2 Å². The number of ether oxygens (including phenoxy) is 2. The highest BCUT2D eigenvalue weighted by Crippen LogP contribution is 2.69. The van der Waals surface area contributed by atoms with Crippen LogP contribution in [-0.2, 0) is 23.9 Å². The van der Waals surface area contributed by atoms with Crippen LogP contribution in [0.15, 0.2) is 85.0 Å². The molecule has 5 rings (SSSR count). The predicted octanol–water partition coefficient (Wildman–Crippen LogP) is 4.26. The summed E-state index contributed by atoms with van der Waals surface area (Å²) in [4.78, 5) is 42.1. The Morgan fingerprint density at radius 1 is 0.727 bits per heavy atom. The third kappa shape index (κ3) is 2.56. The van der Waals surface area contributed by atoms with Crippen LogP contribution in [0.1, 0.15) is 17.5 Å². The number of fused-ring (bicyclic) bond motifs is 6. The fourth-order valence-corrected chi connectivity index (χ4v) is 6.08. The summed E-state index contributed by atoms with van der Waals surface area (Å²) in [5.74, 6) is -2.71. The number of allylic oxidation sites excluding steroid dienone is 4. The lowest BCUT2D eigenvalue weighted by Crippen LogP contribution is -2.58. The summed E-state index contributed by atoms with van der Waals surface area (Å²) >= 11 is 0. The van der Waals surface area contributed by atoms with Crippen LogP contribution in [0.2, 0.25) is 0 Å². The predicted molar refractivity (Wildman–Crippen MR) is 123 cm³/mol. The number of carbonyl (C=O) groups is 3. The lowest BCUT2D eigenvalue weighted by Gasteiger charge is -2.44. The van der Waals surface area contributed by atoms with Gasteiger partial charge in [0.25, 0.3) is 0 Å². The highest BCUT2D eigenvalue weighted by Gasteiger charge is 2.76. The SMILES string of the molecule is COC(=O)[C@]12C(=O)[C@](C(=O)OC)(C(c3ccccc3)=C1c1ccccc1)[C@H]1C=CC=C[C@@H]2C1. The molecule has 0 unspecified atom stereocenters. The first-order valence-electron chi connectivity index (χ1n) is 11.0. The Hall–Kier alpha value is -3.73. The number of rotatable bonds is 4. The molecule has 0 amide bonds. The molecule has 166 valence electrons. The summed E-state index contributed by atoms with van der Waals surface area (Å²) in [6.45, 7) is 0. The number of methoxy groups -OCH3 is 2. The van der Waals surface area contributed by atoms with E-state index in [4.69, 9.17) is 9.47 Å². The average Bonchev–Trinajstić information content (AvgIpc) is 3.01. The Morgan fingerprint density at radius 3 is 1.48 bits per heavy atom. The van der Waals surface area contributed by atoms with E-state index in [1.807, 2.05) is 85.0 Å². The van der Waals surface area contributed by atoms with Crippen LogP contribution in [0.3, 0.4) is 0 Å². The fourth-order valence-electron chi connectivity index (χ4n) is 6.08. The van der Waals surface area contributed by atoms with Crippen molar-refractivity contribution in [2.45, 2.75) is 6.42 Å². The molecule has 4 atom stereocenters. The van der Waals surface area contributed by atoms with Gasteiger partial charge in [-0.15, -0.1) is 0 Å². The van der Waals surface area contributed by atoms with E-state index in [-0.39, 0.29) is 0 Å². The Bertz CT molecular complexity index is 1130. The van der Waals surface area contributed by atoms with Gasteiger partial charge in [-0.2, -0.15) is 0 Å². The van der Waals surface area contributed by atoms with Gasteiger partial charge >= 0.3 is 11.9 Å². The van der Waals surface area contributed by atoms with Crippen LogP contribution < -0.4 is 0 Å². The molecule has 3 aliphatic rings. The number of ketones is 1. The second kappa shape index (κ2) is 7.69. The summed E-state index contributed by atoms with van der Waals surface area (Å²) in [6.07, 6.45) is 7.92. The number of Topliss-reactive ketones (excluding diaryl/α,β-unsaturated/α-hetero) is 1. The van der Waals surface area contributed by atoms with E-state index < -0.39 is 40.4 Å². The second-order valence-corrected chi connectivity index (χ2v) is 8.63. The smallest absolute Gasteiger partial charge is 0.324 e. The molecule has 1 saturated carbocycles. The van der Waals surface area contributed by atoms with Gasteiger partial charge in [0, 0.05) is 11.8 Å². The molecule has 0 aromatic heterocycles. The van der Waals surface area contributed by atoms with Crippen LogP contribution in [-0.4, -0.2) is 31.9 Å². The highest BCUT2D eigenvalue weighted by atomic mass is 16.5. The number of benzene rings is 2. The van der Waals surface area contributed by atoms with Crippen molar-refractivity contribution in [3.63, 3.8) is 0 Å². The van der Waals surface area contributed by atoms with Gasteiger partial charge in [-0.05, 0) is 28.7 Å². The minimum absolute atomic E-state index is 0.440. The molecule has 5 heteroatoms. The molecule has 0 radical (unpaired) electrons. The van der Waals surface area contributed by atoms with Gasteiger partial charge in [0.1, 0.15) is 0 Å². The van der Waals surface area contributed by atoms with E-state index in [2.05, 4.69) is 0 Å². The lowest BCUT2D eigenvalue weighted by atomic mass is 9.54. The maximum atomic E-state index is 14.7. The van der Waals surface area contributed by atoms with E-state index in [0.717, 1.165) is 0 Å². The lowest BCUT2D eigenvalue weighted by molar-refractivity contribution is -0.168. The van der Waals surface area contributed by atoms with Crippen LogP contribution in [0.5, 0.6) is 0 Å². The first-order valence-corrected chi connectivity index (χ1v) is 11.0. The van der Waals surface area contributed by atoms with Crippen molar-refractivity contribution in [2.24, 2.45) is 22.7 Å². The summed E-state index contributed by atoms with van der Waals surface area (Å²) in [5.41, 5.74) is -0.829. The summed E-state index contributed by atoms with van der Waals surface area (Å²) in [6, 6.07) is 18.7. The molecule has 33 heavy (non-hydrogen) atoms. The van der Waals surface area contributed by atoms with Crippen molar-refractivity contribution in [2.75, 3.05) is 14.2 Å². The van der Waals surface area contributed by atoms with Gasteiger partial charge in [-0.3, -0.25) is 14.4 Å². The molecule has 0 heterocycles. The third-order valence-electron chi connectivity index (χ3n) is 7.31. The van der Waals surface area contributed by atoms with Gasteiger partial charge in [-0.1, -0.05) is 85.0 Å². The molecule has 2 aromatic rings. The second-order valence-electron chi connectivity index (χ2n) is 8.63. The Balaban J connectivity index is 2.02. The zero-order valence-corrected chi connectivity index (χ0v) is 18.5. The quantitative estimate of drug-likeness (QED) is 0.525. The molecule has 0 saturated heterocycles. The summed E-state index contributed by atoms with van der Waals surface area (Å²) < 4.78 is 10.6. The standard InChI is InChI=1S/C28H24O5/c1-32-25(30)27-20-15-9-10-16-21(17-20)28(24(27)29,26(31)33-2)23(19-13-7-4-8-14-19)22(27)18-11-5-3-6-12-18/h3-16,20-21H,17H2,1-2H3/t20-,21+,27+,28-. The van der Waals surface area contributed by atoms with Crippen LogP contribution in [0.4, 0.5) is 0 Å². The molecule has 4 bridgehead atoms. The molecule has 0 spiro atoms. The molecule has 3 aliphatic carbocycles. The molecule has 1 fully saturated rings. The van der Waals surface area contributed by atoms with E-state index in [1.54, 1.807) is 0 Å². The molecule has 5 nitrogen and oxygen atoms in total. The van der Waals surface area contributed by atoms with Gasteiger partial charge < -0.3 is 9.47 Å². The number of carbonyl (C=O) groups excluding carboxylic acids is 3. The molecule has 2 aromatic carbocycles. The van der Waals surface area contributed by atoms with Crippen LogP contribution >= 0.6 is 0 Å². The monoisotopic (exact) mass is 440 g/mol. The average molecular weight is 440 g/mol. The van der Waals surface area contributed by atoms with Crippen molar-refractivity contribution >= 4 is 28.9 Å². The summed E-state index contributed by atoms with van der Waals surface area (Å²) in [5, 5.41) is 0. The number of hydrogen-bond donors (Lipinski definition) is 0. The maximum Gasteiger partial charge on any atom is 0.324 e. The minimum atomic E-state index is -1.66. The molecular formula is C28H24O5. The minimum Gasteiger partial charge on any atom is -0.468 e. The van der Waals surface area contributed by atoms with E-state index in [1.165, 1.54) is 14.2 Å². The topological polar surface area (TPSA) is 69.7 Å². The van der Waals surface area contributed by atoms with E-state index in [0.29, 0.717) is 28.7 Å². The number of hydrogen-bond acceptors (Lipinski definition) is 5. The molecule has 0 N–H and O–H groups in total. The zero-order valence-electron chi connectivity index (χ0n) is 18.5. The van der Waals surface area contributed by atoms with E-state index >= 15 is 0 Å². The van der Waals surface area contributed by atoms with Gasteiger partial charge in [0.15, 0.2) is 16.6 Å². The Labute approximate surface area is 192 Å². The molecule has 0 aliphatic heterocycles. The molecular weight excluding hydrogens is 416 g/mol. The van der Waals surface area contributed by atoms with Crippen LogP contribution in [0.25, 0.3) is 11.1 Å². The van der Waals surface area contributed by atoms with Crippen molar-refractivity contribution in [3.8, 4) is 0 Å². The third-order valence-corrected chi connectivity index (χ3v) is 7.31. The Morgan fingerprint density at radius 2 is 1.12 bits per heavy atom. The highest BCUT2D eigenvalue weighted by molar-refractivity contribution is 6.37. The van der Waals surface area contributed by atoms with Crippen molar-refractivity contribution < 1.29 is 23.9 Å². The van der Waals surface area contributed by atoms with Gasteiger partial charge in [0.2, 0.25) is 0 Å². The largest absolute Gasteiger partial charge is 0.468 e. The first-order chi connectivity index (χ1) is 16.0. The van der Waals surface area contributed by atoms with Crippen LogP contribution in [0, 0.1) is 22.7 Å². The van der Waals surface area contributed by atoms with Crippen molar-refractivity contribution in [1.82, 2.24) is 0 Å². The fraction of sp³-hybridized carbons (Fsp3) is 0.250. The van der Waals surface area contributed by atoms with E-state index in [9.17, 15) is 14.4 Å². The summed E-state index contributed by atoms with van der Waals surface area (Å²) in [7, 11) is 2.58. The zero-order chi connectivity index (χ0) is 23.2. The van der Waals surface area contributed by atoms with Gasteiger partial charge in [-0.25, -0.2) is 0 Å². The number of esters is 2. The van der Waals surface area contributed by atoms with Crippen molar-refractivity contribution in [3.05, 3.63) is 96.1 Å². The maximum absolute atomic E-state index is 14.7. The Kier molecular flexibility index (Phi) is 4.93. The van der Waals surface area contributed by atoms with Crippen molar-refractivity contribution in [1.29, 1.82) is 0 Å².